The highest BCUT2D eigenvalue weighted by Crippen LogP contribution is 2.44. The van der Waals surface area contributed by atoms with Crippen molar-refractivity contribution in [1.29, 1.82) is 0 Å². The number of aromatic nitrogens is 1. The Morgan fingerprint density at radius 1 is 1.43 bits per heavy atom. The van der Waals surface area contributed by atoms with E-state index in [2.05, 4.69) is 21.8 Å². The number of hydrogen-bond acceptors (Lipinski definition) is 5. The molecule has 1 amide bonds. The van der Waals surface area contributed by atoms with E-state index in [9.17, 15) is 9.59 Å². The third-order valence-corrected chi connectivity index (χ3v) is 5.75. The molecule has 0 bridgehead atoms. The van der Waals surface area contributed by atoms with Crippen molar-refractivity contribution in [3.05, 3.63) is 46.5 Å². The zero-order chi connectivity index (χ0) is 14.7. The number of carbonyl (C=O) groups is 2. The second kappa shape index (κ2) is 6.49. The summed E-state index contributed by atoms with van der Waals surface area (Å²) in [6, 6.07) is 3.58. The number of nitrogens with zero attached hydrogens (tertiary/aromatic N) is 1. The van der Waals surface area contributed by atoms with Gasteiger partial charge in [-0.1, -0.05) is 12.2 Å². The molecule has 0 aliphatic carbocycles. The fourth-order valence-corrected chi connectivity index (χ4v) is 4.69. The van der Waals surface area contributed by atoms with E-state index in [-0.39, 0.29) is 5.91 Å². The van der Waals surface area contributed by atoms with Crippen molar-refractivity contribution >= 4 is 41.4 Å². The van der Waals surface area contributed by atoms with E-state index >= 15 is 0 Å². The van der Waals surface area contributed by atoms with Gasteiger partial charge in [0.25, 0.3) is 5.91 Å². The van der Waals surface area contributed by atoms with Gasteiger partial charge in [0.15, 0.2) is 0 Å². The summed E-state index contributed by atoms with van der Waals surface area (Å²) in [5, 5.41) is 5.76. The molecular formula is C15H14N2O2S2. The minimum Gasteiger partial charge on any atom is -0.321 e. The molecule has 0 spiro atoms. The Balaban J connectivity index is 1.64. The molecule has 1 aromatic rings. The monoisotopic (exact) mass is 318 g/mol. The number of amides is 1. The molecule has 0 radical (unpaired) electrons. The van der Waals surface area contributed by atoms with Gasteiger partial charge in [-0.25, -0.2) is 0 Å². The number of nitrogens with one attached hydrogen (secondary N) is 1. The van der Waals surface area contributed by atoms with Gasteiger partial charge in [-0.05, 0) is 24.0 Å². The Hall–Kier alpha value is -1.53. The Labute approximate surface area is 131 Å². The van der Waals surface area contributed by atoms with Crippen LogP contribution in [0.25, 0.3) is 0 Å². The van der Waals surface area contributed by atoms with Gasteiger partial charge in [0.2, 0.25) is 0 Å². The normalized spacial score (nSPS) is 22.8. The number of hydrogen-bond donors (Lipinski definition) is 1. The van der Waals surface area contributed by atoms with E-state index in [1.54, 1.807) is 35.8 Å². The fourth-order valence-electron chi connectivity index (χ4n) is 2.20. The van der Waals surface area contributed by atoms with Gasteiger partial charge in [0.1, 0.15) is 6.29 Å². The molecule has 0 saturated carbocycles. The average Bonchev–Trinajstić information content (AvgIpc) is 3.06. The van der Waals surface area contributed by atoms with E-state index in [0.717, 1.165) is 22.6 Å². The highest BCUT2D eigenvalue weighted by molar-refractivity contribution is 8.09. The first kappa shape index (κ1) is 14.4. The molecule has 0 saturated heterocycles. The van der Waals surface area contributed by atoms with Crippen LogP contribution in [-0.2, 0) is 16.0 Å². The highest BCUT2D eigenvalue weighted by atomic mass is 32.2. The van der Waals surface area contributed by atoms with E-state index in [0.29, 0.717) is 23.3 Å². The maximum Gasteiger partial charge on any atom is 0.261 e. The van der Waals surface area contributed by atoms with Crippen molar-refractivity contribution in [2.75, 3.05) is 5.32 Å². The first-order valence-electron chi connectivity index (χ1n) is 6.67. The lowest BCUT2D eigenvalue weighted by Gasteiger charge is -2.07. The second-order valence-corrected chi connectivity index (χ2v) is 7.05. The van der Waals surface area contributed by atoms with Crippen LogP contribution < -0.4 is 5.32 Å². The van der Waals surface area contributed by atoms with E-state index in [1.807, 2.05) is 12.1 Å². The van der Waals surface area contributed by atoms with Gasteiger partial charge in [-0.2, -0.15) is 0 Å². The molecular weight excluding hydrogens is 304 g/mol. The van der Waals surface area contributed by atoms with Crippen LogP contribution in [0.1, 0.15) is 12.1 Å². The minimum atomic E-state index is -0.0732. The predicted molar refractivity (Wildman–Crippen MR) is 87.2 cm³/mol. The van der Waals surface area contributed by atoms with Crippen molar-refractivity contribution in [3.63, 3.8) is 0 Å². The highest BCUT2D eigenvalue weighted by Gasteiger charge is 2.32. The summed E-state index contributed by atoms with van der Waals surface area (Å²) in [6.45, 7) is 0. The fraction of sp³-hybridized carbons (Fsp3) is 0.267. The lowest BCUT2D eigenvalue weighted by atomic mass is 10.2. The molecule has 108 valence electrons. The quantitative estimate of drug-likeness (QED) is 0.846. The van der Waals surface area contributed by atoms with Crippen molar-refractivity contribution in [3.8, 4) is 0 Å². The van der Waals surface area contributed by atoms with Crippen LogP contribution in [0.5, 0.6) is 0 Å². The number of fused-ring (bicyclic) bond motifs is 1. The summed E-state index contributed by atoms with van der Waals surface area (Å²) in [6.07, 6.45) is 7.73. The average molecular weight is 318 g/mol. The summed E-state index contributed by atoms with van der Waals surface area (Å²) in [5.41, 5.74) is 1.53. The number of aldehydes is 1. The molecule has 2 atom stereocenters. The number of thioether (sulfide) groups is 2. The van der Waals surface area contributed by atoms with Crippen LogP contribution in [0, 0.1) is 0 Å². The smallest absolute Gasteiger partial charge is 0.261 e. The minimum absolute atomic E-state index is 0.0732. The van der Waals surface area contributed by atoms with Crippen molar-refractivity contribution in [1.82, 2.24) is 4.98 Å². The topological polar surface area (TPSA) is 59.1 Å². The van der Waals surface area contributed by atoms with Crippen LogP contribution in [0.3, 0.4) is 0 Å². The summed E-state index contributed by atoms with van der Waals surface area (Å²) in [7, 11) is 0. The number of pyridine rings is 1. The van der Waals surface area contributed by atoms with Crippen molar-refractivity contribution < 1.29 is 9.59 Å². The molecule has 21 heavy (non-hydrogen) atoms. The van der Waals surface area contributed by atoms with E-state index < -0.39 is 0 Å². The van der Waals surface area contributed by atoms with Crippen LogP contribution in [-0.4, -0.2) is 27.7 Å². The molecule has 2 aliphatic rings. The summed E-state index contributed by atoms with van der Waals surface area (Å²) < 4.78 is 0. The molecule has 0 aromatic carbocycles. The largest absolute Gasteiger partial charge is 0.321 e. The third kappa shape index (κ3) is 3.39. The molecule has 1 N–H and O–H groups in total. The maximum atomic E-state index is 12.3. The number of aryl methyl sites for hydroxylation is 1. The van der Waals surface area contributed by atoms with E-state index in [4.69, 9.17) is 0 Å². The van der Waals surface area contributed by atoms with Crippen LogP contribution in [0.4, 0.5) is 5.69 Å². The molecule has 6 heteroatoms. The zero-order valence-electron chi connectivity index (χ0n) is 11.2. The maximum absolute atomic E-state index is 12.3. The first-order chi connectivity index (χ1) is 10.3. The Bertz CT molecular complexity index is 628. The number of anilines is 1. The van der Waals surface area contributed by atoms with Gasteiger partial charge in [0, 0.05) is 34.5 Å². The second-order valence-electron chi connectivity index (χ2n) is 4.74. The molecule has 3 rings (SSSR count). The first-order valence-corrected chi connectivity index (χ1v) is 8.49. The SMILES string of the molecule is O=CCCc1cc(NC(=O)C2=CC3SC=CC3S2)ccn1. The van der Waals surface area contributed by atoms with Gasteiger partial charge >= 0.3 is 0 Å². The van der Waals surface area contributed by atoms with Crippen LogP contribution in [0.15, 0.2) is 40.8 Å². The van der Waals surface area contributed by atoms with Crippen molar-refractivity contribution in [2.24, 2.45) is 0 Å². The van der Waals surface area contributed by atoms with Crippen LogP contribution in [0.2, 0.25) is 0 Å². The molecule has 2 unspecified atom stereocenters. The third-order valence-electron chi connectivity index (χ3n) is 3.22. The molecule has 1 aromatic heterocycles. The Kier molecular flexibility index (Phi) is 4.45. The lowest BCUT2D eigenvalue weighted by Crippen LogP contribution is -2.12. The number of carbonyl (C=O) groups excluding carboxylic acids is 2. The van der Waals surface area contributed by atoms with Crippen molar-refractivity contribution in [2.45, 2.75) is 23.3 Å². The Morgan fingerprint density at radius 2 is 2.33 bits per heavy atom. The van der Waals surface area contributed by atoms with Crippen LogP contribution >= 0.6 is 23.5 Å². The number of rotatable bonds is 5. The van der Waals surface area contributed by atoms with Gasteiger partial charge in [0.05, 0.1) is 4.91 Å². The summed E-state index contributed by atoms with van der Waals surface area (Å²) in [5.74, 6) is -0.0732. The lowest BCUT2D eigenvalue weighted by molar-refractivity contribution is -0.112. The van der Waals surface area contributed by atoms with Gasteiger partial charge in [-0.15, -0.1) is 23.5 Å². The van der Waals surface area contributed by atoms with Gasteiger partial charge in [-0.3, -0.25) is 9.78 Å². The predicted octanol–water partition coefficient (Wildman–Crippen LogP) is 2.78. The molecule has 2 aliphatic heterocycles. The standard InChI is InChI=1S/C15H14N2O2S2/c18-6-1-2-10-8-11(3-5-16-10)17-15(19)14-9-13-12(21-14)4-7-20-13/h3-9,12-13H,1-2H2,(H,16,17,19). The molecule has 4 nitrogen and oxygen atoms in total. The summed E-state index contributed by atoms with van der Waals surface area (Å²) >= 11 is 3.36. The Morgan fingerprint density at radius 3 is 3.14 bits per heavy atom. The molecule has 3 heterocycles. The zero-order valence-corrected chi connectivity index (χ0v) is 12.8. The van der Waals surface area contributed by atoms with Gasteiger partial charge < -0.3 is 10.1 Å². The molecule has 0 fully saturated rings. The summed E-state index contributed by atoms with van der Waals surface area (Å²) in [4.78, 5) is 27.6. The van der Waals surface area contributed by atoms with E-state index in [1.165, 1.54) is 0 Å².